The van der Waals surface area contributed by atoms with Gasteiger partial charge in [0.05, 0.1) is 23.8 Å². The number of halogens is 1. The van der Waals surface area contributed by atoms with Crippen molar-refractivity contribution in [1.29, 1.82) is 0 Å². The summed E-state index contributed by atoms with van der Waals surface area (Å²) in [7, 11) is 0. The van der Waals surface area contributed by atoms with Gasteiger partial charge in [0, 0.05) is 23.5 Å². The van der Waals surface area contributed by atoms with Gasteiger partial charge in [-0.25, -0.2) is 9.37 Å². The molecule has 0 aliphatic rings. The standard InChI is InChI=1S/C23H16FN3O/c24-21-12-16(17-9-10-19-4-3-11-26(19)13-17)7-8-18(21)14-27-15-25-22-6-2-1-5-20(22)23(27)28/h1-13,15H,14H2. The van der Waals surface area contributed by atoms with Crippen LogP contribution >= 0.6 is 0 Å². The molecular weight excluding hydrogens is 353 g/mol. The lowest BCUT2D eigenvalue weighted by Crippen LogP contribution is -2.21. The summed E-state index contributed by atoms with van der Waals surface area (Å²) in [5.74, 6) is -0.342. The van der Waals surface area contributed by atoms with Crippen LogP contribution in [-0.4, -0.2) is 14.0 Å². The number of rotatable bonds is 3. The lowest BCUT2D eigenvalue weighted by Gasteiger charge is -2.10. The van der Waals surface area contributed by atoms with Crippen molar-refractivity contribution in [3.8, 4) is 11.1 Å². The fraction of sp³-hybridized carbons (Fsp3) is 0.0435. The van der Waals surface area contributed by atoms with E-state index in [1.54, 1.807) is 24.3 Å². The van der Waals surface area contributed by atoms with E-state index in [9.17, 15) is 9.18 Å². The second-order valence-electron chi connectivity index (χ2n) is 6.76. The lowest BCUT2D eigenvalue weighted by molar-refractivity contribution is 0.596. The fourth-order valence-corrected chi connectivity index (χ4v) is 3.46. The molecule has 0 atom stereocenters. The van der Waals surface area contributed by atoms with Crippen molar-refractivity contribution in [3.05, 3.63) is 107 Å². The number of hydrogen-bond donors (Lipinski definition) is 0. The van der Waals surface area contributed by atoms with Crippen LogP contribution in [0.5, 0.6) is 0 Å². The minimum Gasteiger partial charge on any atom is -0.323 e. The summed E-state index contributed by atoms with van der Waals surface area (Å²) in [6.07, 6.45) is 5.40. The van der Waals surface area contributed by atoms with Gasteiger partial charge in [-0.3, -0.25) is 9.36 Å². The Hall–Kier alpha value is -3.73. The lowest BCUT2D eigenvalue weighted by atomic mass is 10.0. The van der Waals surface area contributed by atoms with Gasteiger partial charge in [0.15, 0.2) is 0 Å². The van der Waals surface area contributed by atoms with Crippen LogP contribution < -0.4 is 5.56 Å². The first-order valence-corrected chi connectivity index (χ1v) is 8.99. The van der Waals surface area contributed by atoms with E-state index < -0.39 is 0 Å². The second kappa shape index (κ2) is 6.46. The van der Waals surface area contributed by atoms with Crippen LogP contribution in [0.1, 0.15) is 5.56 Å². The van der Waals surface area contributed by atoms with Crippen molar-refractivity contribution in [1.82, 2.24) is 14.0 Å². The van der Waals surface area contributed by atoms with E-state index in [-0.39, 0.29) is 17.9 Å². The predicted octanol–water partition coefficient (Wildman–Crippen LogP) is 4.50. The Morgan fingerprint density at radius 3 is 2.68 bits per heavy atom. The summed E-state index contributed by atoms with van der Waals surface area (Å²) >= 11 is 0. The molecule has 0 spiro atoms. The maximum Gasteiger partial charge on any atom is 0.261 e. The van der Waals surface area contributed by atoms with Crippen LogP contribution in [-0.2, 0) is 6.54 Å². The van der Waals surface area contributed by atoms with Crippen LogP contribution in [0.4, 0.5) is 4.39 Å². The molecule has 5 heteroatoms. The molecule has 0 bridgehead atoms. The number of aromatic nitrogens is 3. The van der Waals surface area contributed by atoms with Crippen molar-refractivity contribution in [3.63, 3.8) is 0 Å². The monoisotopic (exact) mass is 369 g/mol. The van der Waals surface area contributed by atoms with E-state index in [4.69, 9.17) is 0 Å². The van der Waals surface area contributed by atoms with Crippen molar-refractivity contribution >= 4 is 16.4 Å². The summed E-state index contributed by atoms with van der Waals surface area (Å²) in [6, 6.07) is 20.2. The first kappa shape index (κ1) is 16.4. The van der Waals surface area contributed by atoms with Crippen LogP contribution in [0.25, 0.3) is 27.5 Å². The van der Waals surface area contributed by atoms with E-state index in [1.165, 1.54) is 17.0 Å². The number of pyridine rings is 1. The van der Waals surface area contributed by atoms with E-state index >= 15 is 0 Å². The molecule has 0 saturated heterocycles. The molecule has 136 valence electrons. The molecule has 4 nitrogen and oxygen atoms in total. The van der Waals surface area contributed by atoms with Gasteiger partial charge in [-0.15, -0.1) is 0 Å². The minimum absolute atomic E-state index is 0.138. The third kappa shape index (κ3) is 2.77. The van der Waals surface area contributed by atoms with Gasteiger partial charge in [0.2, 0.25) is 0 Å². The molecular formula is C23H16FN3O. The molecule has 28 heavy (non-hydrogen) atoms. The Balaban J connectivity index is 1.50. The fourth-order valence-electron chi connectivity index (χ4n) is 3.46. The summed E-state index contributed by atoms with van der Waals surface area (Å²) in [6.45, 7) is 0.138. The number of para-hydroxylation sites is 1. The van der Waals surface area contributed by atoms with Gasteiger partial charge < -0.3 is 4.40 Å². The minimum atomic E-state index is -0.342. The quantitative estimate of drug-likeness (QED) is 0.470. The van der Waals surface area contributed by atoms with Gasteiger partial charge in [-0.2, -0.15) is 0 Å². The highest BCUT2D eigenvalue weighted by molar-refractivity contribution is 5.76. The molecule has 0 unspecified atom stereocenters. The first-order valence-electron chi connectivity index (χ1n) is 8.99. The van der Waals surface area contributed by atoms with Crippen LogP contribution in [0.15, 0.2) is 90.2 Å². The van der Waals surface area contributed by atoms with Crippen molar-refractivity contribution < 1.29 is 4.39 Å². The van der Waals surface area contributed by atoms with Crippen molar-refractivity contribution in [2.75, 3.05) is 0 Å². The van der Waals surface area contributed by atoms with Crippen molar-refractivity contribution in [2.45, 2.75) is 6.54 Å². The highest BCUT2D eigenvalue weighted by Gasteiger charge is 2.09. The number of hydrogen-bond acceptors (Lipinski definition) is 2. The number of nitrogens with zero attached hydrogens (tertiary/aromatic N) is 3. The molecule has 0 fully saturated rings. The summed E-state index contributed by atoms with van der Waals surface area (Å²) in [4.78, 5) is 16.9. The maximum atomic E-state index is 14.8. The molecule has 0 radical (unpaired) electrons. The van der Waals surface area contributed by atoms with Gasteiger partial charge in [0.1, 0.15) is 5.82 Å². The molecule has 0 aliphatic carbocycles. The number of fused-ring (bicyclic) bond motifs is 2. The van der Waals surface area contributed by atoms with Crippen LogP contribution in [0, 0.1) is 5.82 Å². The van der Waals surface area contributed by atoms with Gasteiger partial charge >= 0.3 is 0 Å². The highest BCUT2D eigenvalue weighted by Crippen LogP contribution is 2.23. The van der Waals surface area contributed by atoms with E-state index in [1.807, 2.05) is 53.2 Å². The Labute approximate surface area is 160 Å². The third-order valence-corrected chi connectivity index (χ3v) is 4.98. The normalized spacial score (nSPS) is 11.3. The molecule has 3 aromatic heterocycles. The topological polar surface area (TPSA) is 39.3 Å². The zero-order valence-electron chi connectivity index (χ0n) is 14.9. The molecule has 5 aromatic rings. The van der Waals surface area contributed by atoms with Gasteiger partial charge in [0.25, 0.3) is 5.56 Å². The highest BCUT2D eigenvalue weighted by atomic mass is 19.1. The Morgan fingerprint density at radius 2 is 1.79 bits per heavy atom. The molecule has 2 aromatic carbocycles. The van der Waals surface area contributed by atoms with Crippen LogP contribution in [0.3, 0.4) is 0 Å². The maximum absolute atomic E-state index is 14.8. The molecule has 5 rings (SSSR count). The number of benzene rings is 2. The molecule has 0 amide bonds. The largest absolute Gasteiger partial charge is 0.323 e. The van der Waals surface area contributed by atoms with Crippen LogP contribution in [0.2, 0.25) is 0 Å². The molecule has 3 heterocycles. The van der Waals surface area contributed by atoms with Gasteiger partial charge in [-0.05, 0) is 47.5 Å². The molecule has 0 aliphatic heterocycles. The van der Waals surface area contributed by atoms with Gasteiger partial charge in [-0.1, -0.05) is 30.3 Å². The third-order valence-electron chi connectivity index (χ3n) is 4.98. The Bertz CT molecular complexity index is 1380. The Kier molecular flexibility index (Phi) is 3.79. The van der Waals surface area contributed by atoms with E-state index in [2.05, 4.69) is 4.98 Å². The summed E-state index contributed by atoms with van der Waals surface area (Å²) in [5, 5.41) is 0.530. The SMILES string of the molecule is O=c1c2ccccc2ncn1Cc1ccc(-c2ccc3cccn3c2)cc1F. The zero-order chi connectivity index (χ0) is 19.1. The van der Waals surface area contributed by atoms with Crippen molar-refractivity contribution in [2.24, 2.45) is 0 Å². The Morgan fingerprint density at radius 1 is 0.929 bits per heavy atom. The summed E-state index contributed by atoms with van der Waals surface area (Å²) in [5.41, 5.74) is 3.72. The van der Waals surface area contributed by atoms with E-state index in [0.717, 1.165) is 16.6 Å². The zero-order valence-corrected chi connectivity index (χ0v) is 14.9. The second-order valence-corrected chi connectivity index (χ2v) is 6.76. The smallest absolute Gasteiger partial charge is 0.261 e. The predicted molar refractivity (Wildman–Crippen MR) is 108 cm³/mol. The van der Waals surface area contributed by atoms with E-state index in [0.29, 0.717) is 16.5 Å². The molecule has 0 saturated carbocycles. The average molecular weight is 369 g/mol. The summed E-state index contributed by atoms with van der Waals surface area (Å²) < 4.78 is 18.2. The average Bonchev–Trinajstić information content (AvgIpc) is 3.19. The molecule has 0 N–H and O–H groups in total. The first-order chi connectivity index (χ1) is 13.7.